The van der Waals surface area contributed by atoms with Crippen molar-refractivity contribution in [2.45, 2.75) is 37.9 Å². The summed E-state index contributed by atoms with van der Waals surface area (Å²) in [6.45, 7) is 8.38. The molecule has 0 unspecified atom stereocenters. The van der Waals surface area contributed by atoms with Gasteiger partial charge in [-0.25, -0.2) is 0 Å². The molecule has 0 fully saturated rings. The third-order valence-electron chi connectivity index (χ3n) is 4.99. The third kappa shape index (κ3) is 6.48. The van der Waals surface area contributed by atoms with Crippen molar-refractivity contribution >= 4 is 35.0 Å². The van der Waals surface area contributed by atoms with Gasteiger partial charge in [0.05, 0.1) is 25.0 Å². The second-order valence-corrected chi connectivity index (χ2v) is 8.74. The van der Waals surface area contributed by atoms with Crippen LogP contribution in [0.15, 0.2) is 66.3 Å². The van der Waals surface area contributed by atoms with E-state index < -0.39 is 0 Å². The Morgan fingerprint density at radius 2 is 1.74 bits per heavy atom. The molecular formula is C25H29N5O3S. The molecule has 0 saturated carbocycles. The number of thioether (sulfide) groups is 1. The maximum absolute atomic E-state index is 12.6. The number of methoxy groups -OCH3 is 1. The molecule has 178 valence electrons. The first kappa shape index (κ1) is 25.0. The average Bonchev–Trinajstić information content (AvgIpc) is 3.19. The van der Waals surface area contributed by atoms with Gasteiger partial charge in [-0.2, -0.15) is 0 Å². The van der Waals surface area contributed by atoms with Gasteiger partial charge in [0.15, 0.2) is 5.16 Å². The lowest BCUT2D eigenvalue weighted by molar-refractivity contribution is -0.116. The fraction of sp³-hybridized carbons (Fsp3) is 0.280. The monoisotopic (exact) mass is 479 g/mol. The number of amides is 2. The number of carbonyl (C=O) groups is 2. The van der Waals surface area contributed by atoms with Crippen LogP contribution in [0.1, 0.15) is 31.2 Å². The number of carbonyl (C=O) groups excluding carboxylic acids is 2. The van der Waals surface area contributed by atoms with Crippen LogP contribution in [0.4, 0.5) is 11.4 Å². The van der Waals surface area contributed by atoms with Crippen LogP contribution >= 0.6 is 11.8 Å². The molecule has 0 aliphatic carbocycles. The van der Waals surface area contributed by atoms with Crippen LogP contribution in [-0.4, -0.2) is 39.4 Å². The number of allylic oxidation sites excluding steroid dienone is 1. The smallest absolute Gasteiger partial charge is 0.234 e. The van der Waals surface area contributed by atoms with Crippen molar-refractivity contribution in [3.05, 3.63) is 72.6 Å². The quantitative estimate of drug-likeness (QED) is 0.310. The first-order valence-electron chi connectivity index (χ1n) is 10.9. The lowest BCUT2D eigenvalue weighted by Gasteiger charge is -2.13. The van der Waals surface area contributed by atoms with Crippen LogP contribution in [0.5, 0.6) is 5.75 Å². The highest BCUT2D eigenvalue weighted by Gasteiger charge is 2.17. The zero-order valence-electron chi connectivity index (χ0n) is 19.6. The number of hydrogen-bond donors (Lipinski definition) is 2. The van der Waals surface area contributed by atoms with Gasteiger partial charge in [-0.15, -0.1) is 16.8 Å². The van der Waals surface area contributed by atoms with E-state index in [9.17, 15) is 9.59 Å². The minimum Gasteiger partial charge on any atom is -0.495 e. The van der Waals surface area contributed by atoms with E-state index in [1.807, 2.05) is 36.4 Å². The number of hydrogen-bond acceptors (Lipinski definition) is 6. The highest BCUT2D eigenvalue weighted by molar-refractivity contribution is 7.99. The molecule has 8 nitrogen and oxygen atoms in total. The third-order valence-corrected chi connectivity index (χ3v) is 5.96. The molecule has 34 heavy (non-hydrogen) atoms. The van der Waals surface area contributed by atoms with E-state index in [0.717, 1.165) is 11.3 Å². The van der Waals surface area contributed by atoms with Crippen LogP contribution in [0.25, 0.3) is 0 Å². The standard InChI is InChI=1S/C25H29N5O3S/c1-5-14-30-22(15-23(31)27-20-12-8-9-13-21(20)33-4)28-29-25(30)34-16-24(32)26-19-11-7-6-10-18(19)17(2)3/h5-13,17H,1,14-16H2,2-4H3,(H,26,32)(H,27,31). The summed E-state index contributed by atoms with van der Waals surface area (Å²) < 4.78 is 7.06. The first-order chi connectivity index (χ1) is 16.4. The summed E-state index contributed by atoms with van der Waals surface area (Å²) in [5.41, 5.74) is 2.47. The van der Waals surface area contributed by atoms with Crippen molar-refractivity contribution in [2.75, 3.05) is 23.5 Å². The van der Waals surface area contributed by atoms with Crippen molar-refractivity contribution in [1.82, 2.24) is 14.8 Å². The van der Waals surface area contributed by atoms with Gasteiger partial charge < -0.3 is 19.9 Å². The number of para-hydroxylation sites is 3. The zero-order chi connectivity index (χ0) is 24.5. The molecule has 3 rings (SSSR count). The fourth-order valence-corrected chi connectivity index (χ4v) is 4.15. The highest BCUT2D eigenvalue weighted by atomic mass is 32.2. The highest BCUT2D eigenvalue weighted by Crippen LogP contribution is 2.25. The Bertz CT molecular complexity index is 1160. The molecule has 0 atom stereocenters. The minimum absolute atomic E-state index is 0.0212. The Labute approximate surface area is 203 Å². The van der Waals surface area contributed by atoms with Crippen LogP contribution in [0.3, 0.4) is 0 Å². The second-order valence-electron chi connectivity index (χ2n) is 7.80. The summed E-state index contributed by atoms with van der Waals surface area (Å²) in [6.07, 6.45) is 1.72. The molecule has 2 N–H and O–H groups in total. The summed E-state index contributed by atoms with van der Waals surface area (Å²) in [6, 6.07) is 15.0. The molecule has 0 bridgehead atoms. The van der Waals surface area contributed by atoms with E-state index in [-0.39, 0.29) is 24.0 Å². The first-order valence-corrected chi connectivity index (χ1v) is 11.9. The fourth-order valence-electron chi connectivity index (χ4n) is 3.39. The number of nitrogens with one attached hydrogen (secondary N) is 2. The van der Waals surface area contributed by atoms with Gasteiger partial charge >= 0.3 is 0 Å². The summed E-state index contributed by atoms with van der Waals surface area (Å²) in [4.78, 5) is 25.2. The number of anilines is 2. The molecule has 0 radical (unpaired) electrons. The molecule has 0 spiro atoms. The molecule has 3 aromatic rings. The summed E-state index contributed by atoms with van der Waals surface area (Å²) in [5.74, 6) is 1.13. The normalized spacial score (nSPS) is 10.7. The molecule has 9 heteroatoms. The van der Waals surface area contributed by atoms with Gasteiger partial charge in [0.25, 0.3) is 0 Å². The lowest BCUT2D eigenvalue weighted by atomic mass is 10.0. The number of benzene rings is 2. The van der Waals surface area contributed by atoms with Crippen molar-refractivity contribution in [1.29, 1.82) is 0 Å². The van der Waals surface area contributed by atoms with Gasteiger partial charge in [-0.3, -0.25) is 9.59 Å². The molecule has 0 aliphatic heterocycles. The average molecular weight is 480 g/mol. The van der Waals surface area contributed by atoms with E-state index >= 15 is 0 Å². The van der Waals surface area contributed by atoms with Gasteiger partial charge in [0.1, 0.15) is 11.6 Å². The number of ether oxygens (including phenoxy) is 1. The predicted octanol–water partition coefficient (Wildman–Crippen LogP) is 4.51. The van der Waals surface area contributed by atoms with E-state index in [2.05, 4.69) is 41.3 Å². The van der Waals surface area contributed by atoms with Crippen molar-refractivity contribution in [3.63, 3.8) is 0 Å². The van der Waals surface area contributed by atoms with Crippen LogP contribution in [0.2, 0.25) is 0 Å². The Hall–Kier alpha value is -3.59. The number of aromatic nitrogens is 3. The van der Waals surface area contributed by atoms with Crippen LogP contribution in [-0.2, 0) is 22.6 Å². The molecule has 2 amide bonds. The van der Waals surface area contributed by atoms with Gasteiger partial charge in [0, 0.05) is 12.2 Å². The SMILES string of the molecule is C=CCn1c(CC(=O)Nc2ccccc2OC)nnc1SCC(=O)Nc1ccccc1C(C)C. The minimum atomic E-state index is -0.248. The topological polar surface area (TPSA) is 98.1 Å². The Morgan fingerprint density at radius 1 is 1.06 bits per heavy atom. The summed E-state index contributed by atoms with van der Waals surface area (Å²) >= 11 is 1.26. The van der Waals surface area contributed by atoms with Crippen LogP contribution < -0.4 is 15.4 Å². The van der Waals surface area contributed by atoms with Gasteiger partial charge in [0.2, 0.25) is 11.8 Å². The maximum atomic E-state index is 12.6. The van der Waals surface area contributed by atoms with E-state index in [1.54, 1.807) is 29.9 Å². The predicted molar refractivity (Wildman–Crippen MR) is 135 cm³/mol. The molecule has 1 aromatic heterocycles. The number of rotatable bonds is 11. The largest absolute Gasteiger partial charge is 0.495 e. The van der Waals surface area contributed by atoms with Crippen molar-refractivity contribution in [3.8, 4) is 5.75 Å². The van der Waals surface area contributed by atoms with Gasteiger partial charge in [-0.1, -0.05) is 62.0 Å². The summed E-state index contributed by atoms with van der Waals surface area (Å²) in [5, 5.41) is 14.7. The van der Waals surface area contributed by atoms with Crippen molar-refractivity contribution < 1.29 is 14.3 Å². The Morgan fingerprint density at radius 3 is 2.44 bits per heavy atom. The Balaban J connectivity index is 1.65. The molecular weight excluding hydrogens is 450 g/mol. The van der Waals surface area contributed by atoms with Gasteiger partial charge in [-0.05, 0) is 29.7 Å². The maximum Gasteiger partial charge on any atom is 0.234 e. The molecule has 2 aromatic carbocycles. The summed E-state index contributed by atoms with van der Waals surface area (Å²) in [7, 11) is 1.55. The Kier molecular flexibility index (Phi) is 8.86. The second kappa shape index (κ2) is 12.0. The lowest BCUT2D eigenvalue weighted by Crippen LogP contribution is -2.18. The van der Waals surface area contributed by atoms with E-state index in [0.29, 0.717) is 34.9 Å². The van der Waals surface area contributed by atoms with Crippen molar-refractivity contribution in [2.24, 2.45) is 0 Å². The molecule has 0 aliphatic rings. The van der Waals surface area contributed by atoms with E-state index in [4.69, 9.17) is 4.74 Å². The zero-order valence-corrected chi connectivity index (χ0v) is 20.4. The number of nitrogens with zero attached hydrogens (tertiary/aromatic N) is 3. The molecule has 0 saturated heterocycles. The molecule has 1 heterocycles. The van der Waals surface area contributed by atoms with E-state index in [1.165, 1.54) is 11.8 Å². The van der Waals surface area contributed by atoms with Crippen LogP contribution in [0, 0.1) is 0 Å².